The molecule has 0 atom stereocenters. The summed E-state index contributed by atoms with van der Waals surface area (Å²) in [6.07, 6.45) is 3.45. The normalized spacial score (nSPS) is 10.2. The average Bonchev–Trinajstić information content (AvgIpc) is 2.63. The van der Waals surface area contributed by atoms with Crippen molar-refractivity contribution in [1.29, 1.82) is 0 Å². The molecule has 0 unspecified atom stereocenters. The Morgan fingerprint density at radius 3 is 2.28 bits per heavy atom. The summed E-state index contributed by atoms with van der Waals surface area (Å²) in [6, 6.07) is 13.1. The minimum atomic E-state index is -0.0998. The van der Waals surface area contributed by atoms with Crippen LogP contribution < -0.4 is 16.0 Å². The number of anilines is 4. The molecule has 1 amide bonds. The van der Waals surface area contributed by atoms with Crippen molar-refractivity contribution in [3.63, 3.8) is 0 Å². The summed E-state index contributed by atoms with van der Waals surface area (Å²) >= 11 is 0. The third kappa shape index (κ3) is 4.29. The van der Waals surface area contributed by atoms with Crippen LogP contribution in [0, 0.1) is 0 Å². The third-order valence-corrected chi connectivity index (χ3v) is 3.40. The van der Waals surface area contributed by atoms with Gasteiger partial charge < -0.3 is 16.0 Å². The zero-order valence-electron chi connectivity index (χ0n) is 13.9. The second kappa shape index (κ2) is 7.39. The maximum absolute atomic E-state index is 11.1. The first-order valence-corrected chi connectivity index (χ1v) is 7.76. The Morgan fingerprint density at radius 1 is 0.960 bits per heavy atom. The summed E-state index contributed by atoms with van der Waals surface area (Å²) in [5.41, 5.74) is 3.35. The van der Waals surface area contributed by atoms with E-state index in [-0.39, 0.29) is 5.91 Å². The Labute approximate surface area is 145 Å². The lowest BCUT2D eigenvalue weighted by atomic mass is 10.2. The average molecular weight is 334 g/mol. The number of carbonyl (C=O) groups is 1. The number of nitrogens with one attached hydrogen (secondary N) is 3. The molecule has 0 saturated heterocycles. The fourth-order valence-electron chi connectivity index (χ4n) is 2.28. The Hall–Kier alpha value is -3.48. The van der Waals surface area contributed by atoms with E-state index in [2.05, 4.69) is 30.9 Å². The van der Waals surface area contributed by atoms with Crippen LogP contribution in [0.15, 0.2) is 54.9 Å². The molecule has 0 aliphatic carbocycles. The maximum Gasteiger partial charge on any atom is 0.224 e. The Bertz CT molecular complexity index is 864. The zero-order valence-corrected chi connectivity index (χ0v) is 13.9. The van der Waals surface area contributed by atoms with Crippen LogP contribution in [0.1, 0.15) is 6.92 Å². The molecule has 7 nitrogen and oxygen atoms in total. The van der Waals surface area contributed by atoms with Crippen LogP contribution >= 0.6 is 0 Å². The molecule has 126 valence electrons. The van der Waals surface area contributed by atoms with Crippen molar-refractivity contribution in [3.8, 4) is 11.3 Å². The van der Waals surface area contributed by atoms with E-state index in [1.165, 1.54) is 6.92 Å². The smallest absolute Gasteiger partial charge is 0.224 e. The van der Waals surface area contributed by atoms with Gasteiger partial charge in [0.25, 0.3) is 0 Å². The van der Waals surface area contributed by atoms with Crippen LogP contribution in [0.4, 0.5) is 23.1 Å². The van der Waals surface area contributed by atoms with E-state index in [0.717, 1.165) is 22.6 Å². The highest BCUT2D eigenvalue weighted by atomic mass is 16.1. The van der Waals surface area contributed by atoms with E-state index >= 15 is 0 Å². The van der Waals surface area contributed by atoms with E-state index in [1.54, 1.807) is 19.4 Å². The molecule has 0 saturated carbocycles. The number of aromatic nitrogens is 3. The van der Waals surface area contributed by atoms with E-state index in [0.29, 0.717) is 11.8 Å². The topological polar surface area (TPSA) is 91.8 Å². The Kier molecular flexibility index (Phi) is 4.84. The summed E-state index contributed by atoms with van der Waals surface area (Å²) in [6.45, 7) is 1.48. The number of benzene rings is 1. The molecule has 0 radical (unpaired) electrons. The zero-order chi connectivity index (χ0) is 17.6. The summed E-state index contributed by atoms with van der Waals surface area (Å²) < 4.78 is 0. The molecule has 0 aliphatic rings. The molecular weight excluding hydrogens is 316 g/mol. The molecule has 3 aromatic rings. The number of rotatable bonds is 5. The molecule has 2 aromatic heterocycles. The van der Waals surface area contributed by atoms with Gasteiger partial charge in [0, 0.05) is 49.4 Å². The summed E-state index contributed by atoms with van der Waals surface area (Å²) in [7, 11) is 1.78. The highest BCUT2D eigenvalue weighted by Gasteiger charge is 2.06. The highest BCUT2D eigenvalue weighted by Crippen LogP contribution is 2.23. The first kappa shape index (κ1) is 16.4. The number of amides is 1. The van der Waals surface area contributed by atoms with Gasteiger partial charge in [-0.05, 0) is 36.4 Å². The van der Waals surface area contributed by atoms with Crippen molar-refractivity contribution in [3.05, 3.63) is 54.9 Å². The molecule has 3 rings (SSSR count). The molecule has 0 aliphatic heterocycles. The minimum Gasteiger partial charge on any atom is -0.357 e. The standard InChI is InChI=1S/C18H18N6O/c1-12(25)21-14-3-5-15(6-4-14)22-17-11-16(23-18(19-2)24-17)13-7-9-20-10-8-13/h3-11H,1-2H3,(H,21,25)(H2,19,22,23,24). The molecule has 0 bridgehead atoms. The molecule has 0 spiro atoms. The lowest BCUT2D eigenvalue weighted by Gasteiger charge is -2.10. The van der Waals surface area contributed by atoms with Gasteiger partial charge in [0.1, 0.15) is 5.82 Å². The third-order valence-electron chi connectivity index (χ3n) is 3.40. The lowest BCUT2D eigenvalue weighted by molar-refractivity contribution is -0.114. The predicted octanol–water partition coefficient (Wildman–Crippen LogP) is 3.28. The number of hydrogen-bond donors (Lipinski definition) is 3. The van der Waals surface area contributed by atoms with Gasteiger partial charge in [-0.1, -0.05) is 0 Å². The summed E-state index contributed by atoms with van der Waals surface area (Å²) in [5, 5.41) is 8.96. The van der Waals surface area contributed by atoms with Gasteiger partial charge in [-0.3, -0.25) is 9.78 Å². The van der Waals surface area contributed by atoms with Crippen molar-refractivity contribution in [2.75, 3.05) is 23.0 Å². The van der Waals surface area contributed by atoms with Gasteiger partial charge in [-0.2, -0.15) is 4.98 Å². The van der Waals surface area contributed by atoms with E-state index < -0.39 is 0 Å². The number of nitrogens with zero attached hydrogens (tertiary/aromatic N) is 3. The Balaban J connectivity index is 1.85. The van der Waals surface area contributed by atoms with E-state index in [4.69, 9.17) is 0 Å². The van der Waals surface area contributed by atoms with Crippen LogP contribution in [-0.4, -0.2) is 27.9 Å². The fraction of sp³-hybridized carbons (Fsp3) is 0.111. The highest BCUT2D eigenvalue weighted by molar-refractivity contribution is 5.88. The number of pyridine rings is 1. The first-order valence-electron chi connectivity index (χ1n) is 7.76. The van der Waals surface area contributed by atoms with Gasteiger partial charge in [0.15, 0.2) is 0 Å². The van der Waals surface area contributed by atoms with Gasteiger partial charge in [0.05, 0.1) is 5.69 Å². The maximum atomic E-state index is 11.1. The molecule has 7 heteroatoms. The second-order valence-electron chi connectivity index (χ2n) is 5.33. The minimum absolute atomic E-state index is 0.0998. The van der Waals surface area contributed by atoms with Crippen LogP contribution in [0.3, 0.4) is 0 Å². The monoisotopic (exact) mass is 334 g/mol. The summed E-state index contributed by atoms with van der Waals surface area (Å²) in [5.74, 6) is 1.09. The molecular formula is C18H18N6O. The quantitative estimate of drug-likeness (QED) is 0.663. The first-order chi connectivity index (χ1) is 12.1. The summed E-state index contributed by atoms with van der Waals surface area (Å²) in [4.78, 5) is 24.0. The van der Waals surface area contributed by atoms with Crippen molar-refractivity contribution in [2.24, 2.45) is 0 Å². The number of carbonyl (C=O) groups excluding carboxylic acids is 1. The second-order valence-corrected chi connectivity index (χ2v) is 5.33. The fourth-order valence-corrected chi connectivity index (χ4v) is 2.28. The van der Waals surface area contributed by atoms with Gasteiger partial charge in [0.2, 0.25) is 11.9 Å². The van der Waals surface area contributed by atoms with Crippen LogP contribution in [0.5, 0.6) is 0 Å². The molecule has 1 aromatic carbocycles. The molecule has 3 N–H and O–H groups in total. The van der Waals surface area contributed by atoms with E-state index in [9.17, 15) is 4.79 Å². The van der Waals surface area contributed by atoms with E-state index in [1.807, 2.05) is 42.5 Å². The van der Waals surface area contributed by atoms with Gasteiger partial charge >= 0.3 is 0 Å². The van der Waals surface area contributed by atoms with Crippen molar-refractivity contribution in [1.82, 2.24) is 15.0 Å². The van der Waals surface area contributed by atoms with Crippen LogP contribution in [-0.2, 0) is 4.79 Å². The largest absolute Gasteiger partial charge is 0.357 e. The predicted molar refractivity (Wildman–Crippen MR) is 98.8 cm³/mol. The number of hydrogen-bond acceptors (Lipinski definition) is 6. The van der Waals surface area contributed by atoms with Gasteiger partial charge in [-0.25, -0.2) is 4.98 Å². The van der Waals surface area contributed by atoms with Crippen molar-refractivity contribution < 1.29 is 4.79 Å². The molecule has 2 heterocycles. The molecule has 0 fully saturated rings. The van der Waals surface area contributed by atoms with Crippen LogP contribution in [0.25, 0.3) is 11.3 Å². The van der Waals surface area contributed by atoms with Gasteiger partial charge in [-0.15, -0.1) is 0 Å². The Morgan fingerprint density at radius 2 is 1.64 bits per heavy atom. The van der Waals surface area contributed by atoms with Crippen LogP contribution in [0.2, 0.25) is 0 Å². The lowest BCUT2D eigenvalue weighted by Crippen LogP contribution is -2.05. The van der Waals surface area contributed by atoms with Crippen molar-refractivity contribution in [2.45, 2.75) is 6.92 Å². The SMILES string of the molecule is CNc1nc(Nc2ccc(NC(C)=O)cc2)cc(-c2ccncc2)n1. The van der Waals surface area contributed by atoms with Crippen molar-refractivity contribution >= 4 is 29.0 Å². The molecule has 25 heavy (non-hydrogen) atoms.